The molecule has 34 heavy (non-hydrogen) atoms. The average Bonchev–Trinajstić information content (AvgIpc) is 3.18. The Labute approximate surface area is 196 Å². The molecule has 2 aromatic rings. The van der Waals surface area contributed by atoms with Crippen LogP contribution in [-0.2, 0) is 9.53 Å². The second-order valence-electron chi connectivity index (χ2n) is 8.46. The van der Waals surface area contributed by atoms with Crippen molar-refractivity contribution in [1.82, 2.24) is 15.2 Å². The third kappa shape index (κ3) is 5.51. The van der Waals surface area contributed by atoms with E-state index < -0.39 is 23.8 Å². The molecular formula is C24H27F2N5O3. The highest BCUT2D eigenvalue weighted by Gasteiger charge is 2.32. The molecule has 2 aromatic carbocycles. The topological polar surface area (TPSA) is 77.5 Å². The van der Waals surface area contributed by atoms with Crippen LogP contribution in [0, 0.1) is 11.6 Å². The highest BCUT2D eigenvalue weighted by Crippen LogP contribution is 2.30. The van der Waals surface area contributed by atoms with E-state index in [0.717, 1.165) is 26.2 Å². The first-order valence-electron chi connectivity index (χ1n) is 11.1. The number of nitrogens with zero attached hydrogens (tertiary/aromatic N) is 4. The Morgan fingerprint density at radius 1 is 1.15 bits per heavy atom. The van der Waals surface area contributed by atoms with Gasteiger partial charge in [-0.15, -0.1) is 0 Å². The van der Waals surface area contributed by atoms with Gasteiger partial charge >= 0.3 is 6.09 Å². The Bertz CT molecular complexity index is 1100. The number of nitrogens with one attached hydrogen (secondary N) is 1. The van der Waals surface area contributed by atoms with Crippen LogP contribution >= 0.6 is 0 Å². The summed E-state index contributed by atoms with van der Waals surface area (Å²) in [4.78, 5) is 26.7. The first-order chi connectivity index (χ1) is 16.3. The van der Waals surface area contributed by atoms with Crippen LogP contribution in [0.2, 0.25) is 0 Å². The molecule has 0 saturated carbocycles. The summed E-state index contributed by atoms with van der Waals surface area (Å²) < 4.78 is 34.8. The van der Waals surface area contributed by atoms with Gasteiger partial charge in [0, 0.05) is 44.2 Å². The summed E-state index contributed by atoms with van der Waals surface area (Å²) >= 11 is 0. The third-order valence-electron chi connectivity index (χ3n) is 5.87. The summed E-state index contributed by atoms with van der Waals surface area (Å²) in [5.41, 5.74) is 1.25. The van der Waals surface area contributed by atoms with Gasteiger partial charge in [0.25, 0.3) is 0 Å². The lowest BCUT2D eigenvalue weighted by Gasteiger charge is -2.30. The van der Waals surface area contributed by atoms with E-state index in [4.69, 9.17) is 4.74 Å². The summed E-state index contributed by atoms with van der Waals surface area (Å²) in [5, 5.41) is 8.85. The molecule has 2 aliphatic heterocycles. The van der Waals surface area contributed by atoms with Crippen molar-refractivity contribution >= 4 is 23.9 Å². The van der Waals surface area contributed by atoms with Crippen molar-refractivity contribution in [3.63, 3.8) is 0 Å². The van der Waals surface area contributed by atoms with Crippen LogP contribution in [-0.4, -0.2) is 80.5 Å². The van der Waals surface area contributed by atoms with E-state index in [2.05, 4.69) is 15.3 Å². The van der Waals surface area contributed by atoms with Crippen LogP contribution in [0.25, 0.3) is 11.1 Å². The standard InChI is InChI=1S/C24H27F2N5O3/c1-16(32)27-14-20-15-31(24(33)34-20)19-5-6-21(23(26)12-19)17-3-4-18(22(25)11-17)13-28-30-9-7-29(2)8-10-30/h3-6,11-13,20H,7-10,14-15H2,1-2H3,(H,27,32)/b28-13+/t20-/m0/s1. The average molecular weight is 472 g/mol. The number of anilines is 1. The highest BCUT2D eigenvalue weighted by atomic mass is 19.1. The normalized spacial score (nSPS) is 19.1. The predicted molar refractivity (Wildman–Crippen MR) is 125 cm³/mol. The minimum Gasteiger partial charge on any atom is -0.442 e. The van der Waals surface area contributed by atoms with Crippen molar-refractivity contribution < 1.29 is 23.1 Å². The summed E-state index contributed by atoms with van der Waals surface area (Å²) in [5.74, 6) is -1.31. The van der Waals surface area contributed by atoms with Crippen LogP contribution in [0.3, 0.4) is 0 Å². The fraction of sp³-hybridized carbons (Fsp3) is 0.375. The maximum atomic E-state index is 14.9. The van der Waals surface area contributed by atoms with E-state index in [-0.39, 0.29) is 24.6 Å². The molecule has 2 aliphatic rings. The molecule has 0 unspecified atom stereocenters. The Morgan fingerprint density at radius 2 is 1.91 bits per heavy atom. The van der Waals surface area contributed by atoms with Crippen molar-refractivity contribution in [3.05, 3.63) is 53.6 Å². The summed E-state index contributed by atoms with van der Waals surface area (Å²) in [7, 11) is 2.05. The number of amides is 2. The summed E-state index contributed by atoms with van der Waals surface area (Å²) in [6, 6.07) is 8.80. The first kappa shape index (κ1) is 23.6. The monoisotopic (exact) mass is 471 g/mol. The summed E-state index contributed by atoms with van der Waals surface area (Å²) in [6.45, 7) is 5.11. The number of likely N-dealkylation sites (N-methyl/N-ethyl adjacent to an activating group) is 1. The van der Waals surface area contributed by atoms with Gasteiger partial charge < -0.3 is 15.0 Å². The highest BCUT2D eigenvalue weighted by molar-refractivity contribution is 5.90. The minimum absolute atomic E-state index is 0.182. The number of carbonyl (C=O) groups excluding carboxylic acids is 2. The molecule has 2 heterocycles. The molecule has 0 spiro atoms. The van der Waals surface area contributed by atoms with Gasteiger partial charge in [-0.3, -0.25) is 14.7 Å². The lowest BCUT2D eigenvalue weighted by atomic mass is 10.0. The summed E-state index contributed by atoms with van der Waals surface area (Å²) in [6.07, 6.45) is 0.353. The van der Waals surface area contributed by atoms with Crippen LogP contribution in [0.5, 0.6) is 0 Å². The predicted octanol–water partition coefficient (Wildman–Crippen LogP) is 2.67. The zero-order chi connectivity index (χ0) is 24.2. The Kier molecular flexibility index (Phi) is 7.06. The molecule has 10 heteroatoms. The zero-order valence-electron chi connectivity index (χ0n) is 19.1. The van der Waals surface area contributed by atoms with Crippen molar-refractivity contribution in [1.29, 1.82) is 0 Å². The Morgan fingerprint density at radius 3 is 2.59 bits per heavy atom. The molecular weight excluding hydrogens is 444 g/mol. The van der Waals surface area contributed by atoms with E-state index >= 15 is 0 Å². The molecule has 0 bridgehead atoms. The van der Waals surface area contributed by atoms with E-state index in [9.17, 15) is 18.4 Å². The van der Waals surface area contributed by atoms with Gasteiger partial charge in [-0.1, -0.05) is 6.07 Å². The fourth-order valence-electron chi connectivity index (χ4n) is 3.86. The number of ether oxygens (including phenoxy) is 1. The number of rotatable bonds is 6. The van der Waals surface area contributed by atoms with Gasteiger partial charge in [0.2, 0.25) is 5.91 Å². The van der Waals surface area contributed by atoms with Crippen LogP contribution in [0.15, 0.2) is 41.5 Å². The molecule has 2 saturated heterocycles. The maximum Gasteiger partial charge on any atom is 0.414 e. The van der Waals surface area contributed by atoms with Crippen molar-refractivity contribution in [2.75, 3.05) is 51.2 Å². The Balaban J connectivity index is 1.45. The van der Waals surface area contributed by atoms with Crippen LogP contribution in [0.4, 0.5) is 19.3 Å². The first-order valence-corrected chi connectivity index (χ1v) is 11.1. The number of hydrogen-bond acceptors (Lipinski definition) is 6. The van der Waals surface area contributed by atoms with E-state index in [1.165, 1.54) is 36.2 Å². The molecule has 4 rings (SSSR count). The molecule has 0 radical (unpaired) electrons. The number of benzene rings is 2. The van der Waals surface area contributed by atoms with E-state index in [0.29, 0.717) is 16.8 Å². The molecule has 8 nitrogen and oxygen atoms in total. The molecule has 0 aromatic heterocycles. The second-order valence-corrected chi connectivity index (χ2v) is 8.46. The lowest BCUT2D eigenvalue weighted by Crippen LogP contribution is -2.41. The number of hydrogen-bond donors (Lipinski definition) is 1. The Hall–Kier alpha value is -3.53. The molecule has 180 valence electrons. The van der Waals surface area contributed by atoms with Crippen LogP contribution < -0.4 is 10.2 Å². The number of hydrazone groups is 1. The number of halogens is 2. The number of cyclic esters (lactones) is 1. The smallest absolute Gasteiger partial charge is 0.414 e. The molecule has 1 atom stereocenters. The van der Waals surface area contributed by atoms with Crippen molar-refractivity contribution in [2.45, 2.75) is 13.0 Å². The minimum atomic E-state index is -0.613. The van der Waals surface area contributed by atoms with Gasteiger partial charge in [0.1, 0.15) is 17.7 Å². The van der Waals surface area contributed by atoms with Gasteiger partial charge in [0.15, 0.2) is 0 Å². The number of piperazine rings is 1. The maximum absolute atomic E-state index is 14.9. The van der Waals surface area contributed by atoms with Gasteiger partial charge in [0.05, 0.1) is 25.0 Å². The van der Waals surface area contributed by atoms with Gasteiger partial charge in [-0.2, -0.15) is 5.10 Å². The fourth-order valence-corrected chi connectivity index (χ4v) is 3.86. The third-order valence-corrected chi connectivity index (χ3v) is 5.87. The van der Waals surface area contributed by atoms with Crippen LogP contribution in [0.1, 0.15) is 12.5 Å². The molecule has 2 amide bonds. The zero-order valence-corrected chi connectivity index (χ0v) is 19.1. The van der Waals surface area contributed by atoms with Gasteiger partial charge in [-0.05, 0) is 42.9 Å². The quantitative estimate of drug-likeness (QED) is 0.656. The van der Waals surface area contributed by atoms with E-state index in [1.54, 1.807) is 18.2 Å². The van der Waals surface area contributed by atoms with E-state index in [1.807, 2.05) is 12.1 Å². The molecule has 0 aliphatic carbocycles. The van der Waals surface area contributed by atoms with Crippen molar-refractivity contribution in [2.24, 2.45) is 5.10 Å². The number of carbonyl (C=O) groups is 2. The van der Waals surface area contributed by atoms with Gasteiger partial charge in [-0.25, -0.2) is 13.6 Å². The molecule has 1 N–H and O–H groups in total. The second kappa shape index (κ2) is 10.2. The van der Waals surface area contributed by atoms with Crippen molar-refractivity contribution in [3.8, 4) is 11.1 Å². The SMILES string of the molecule is CC(=O)NC[C@H]1CN(c2ccc(-c3ccc(/C=N/N4CCN(C)CC4)c(F)c3)c(F)c2)C(=O)O1. The molecule has 2 fully saturated rings. The largest absolute Gasteiger partial charge is 0.442 e. The lowest BCUT2D eigenvalue weighted by molar-refractivity contribution is -0.119.